The van der Waals surface area contributed by atoms with E-state index in [1.54, 1.807) is 6.08 Å². The maximum absolute atomic E-state index is 8.95. The second kappa shape index (κ2) is 11.5. The molecule has 0 spiro atoms. The zero-order valence-electron chi connectivity index (χ0n) is 15.1. The van der Waals surface area contributed by atoms with Crippen LogP contribution < -0.4 is 0 Å². The van der Waals surface area contributed by atoms with Crippen molar-refractivity contribution >= 4 is 0 Å². The van der Waals surface area contributed by atoms with E-state index >= 15 is 0 Å². The van der Waals surface area contributed by atoms with Crippen molar-refractivity contribution in [3.63, 3.8) is 0 Å². The van der Waals surface area contributed by atoms with Crippen molar-refractivity contribution in [2.24, 2.45) is 0 Å². The van der Waals surface area contributed by atoms with Gasteiger partial charge in [0, 0.05) is 25.6 Å². The van der Waals surface area contributed by atoms with Crippen LogP contribution in [-0.4, -0.2) is 35.8 Å². The molecular weight excluding hydrogens is 298 g/mol. The molecular formula is C21H31NO2. The lowest BCUT2D eigenvalue weighted by molar-refractivity contribution is 0.184. The monoisotopic (exact) mass is 329 g/mol. The first kappa shape index (κ1) is 20.0. The molecule has 1 aliphatic rings. The van der Waals surface area contributed by atoms with E-state index in [9.17, 15) is 0 Å². The largest absolute Gasteiger partial charge is 0.493 e. The summed E-state index contributed by atoms with van der Waals surface area (Å²) in [6.07, 6.45) is 16.8. The molecule has 0 aromatic carbocycles. The highest BCUT2D eigenvalue weighted by Crippen LogP contribution is 2.27. The summed E-state index contributed by atoms with van der Waals surface area (Å²) < 4.78 is 5.82. The van der Waals surface area contributed by atoms with Gasteiger partial charge in [-0.3, -0.25) is 0 Å². The van der Waals surface area contributed by atoms with Gasteiger partial charge in [-0.1, -0.05) is 43.0 Å². The van der Waals surface area contributed by atoms with Crippen LogP contribution in [0.15, 0.2) is 72.7 Å². The third-order valence-corrected chi connectivity index (χ3v) is 3.67. The van der Waals surface area contributed by atoms with Crippen molar-refractivity contribution in [3.8, 4) is 0 Å². The van der Waals surface area contributed by atoms with Crippen molar-refractivity contribution in [3.05, 3.63) is 72.7 Å². The van der Waals surface area contributed by atoms with Crippen LogP contribution >= 0.6 is 0 Å². The number of allylic oxidation sites excluding steroid dienone is 7. The third-order valence-electron chi connectivity index (χ3n) is 3.67. The van der Waals surface area contributed by atoms with Crippen LogP contribution in [0.1, 0.15) is 33.1 Å². The molecule has 0 radical (unpaired) electrons. The topological polar surface area (TPSA) is 32.7 Å². The molecule has 3 heteroatoms. The standard InChI is InChI=1S/C21H31NO2/c1-5-8-10-19(6-2)16-21(24-14-9-13-23)15-18(4)17-22(7-3)20-11-12-20/h5-8,10,15-16,20,23H,2-3,9,11-14,17H2,1,4H3/b8-5-,18-15+,19-10+,21-16+. The highest BCUT2D eigenvalue weighted by Gasteiger charge is 2.26. The number of ether oxygens (including phenoxy) is 1. The SMILES string of the molecule is C=CC(=C\C=C/C)/C=C(\C=C(/C)CN(C=C)C1CC1)OCCCO. The Kier molecular flexibility index (Phi) is 9.62. The summed E-state index contributed by atoms with van der Waals surface area (Å²) in [6, 6.07) is 0.645. The van der Waals surface area contributed by atoms with Crippen LogP contribution in [0.3, 0.4) is 0 Å². The summed E-state index contributed by atoms with van der Waals surface area (Å²) in [7, 11) is 0. The highest BCUT2D eigenvalue weighted by molar-refractivity contribution is 5.37. The molecule has 1 rings (SSSR count). The first-order chi connectivity index (χ1) is 11.6. The van der Waals surface area contributed by atoms with Crippen molar-refractivity contribution in [1.82, 2.24) is 4.90 Å². The fourth-order valence-electron chi connectivity index (χ4n) is 2.25. The van der Waals surface area contributed by atoms with Gasteiger partial charge in [-0.05, 0) is 50.6 Å². The maximum atomic E-state index is 8.95. The van der Waals surface area contributed by atoms with Gasteiger partial charge in [-0.15, -0.1) is 0 Å². The quantitative estimate of drug-likeness (QED) is 0.325. The second-order valence-electron chi connectivity index (χ2n) is 5.95. The molecule has 0 saturated heterocycles. The molecule has 0 aromatic rings. The molecule has 0 unspecified atom stereocenters. The van der Waals surface area contributed by atoms with Gasteiger partial charge in [0.2, 0.25) is 0 Å². The number of hydrogen-bond acceptors (Lipinski definition) is 3. The lowest BCUT2D eigenvalue weighted by atomic mass is 10.1. The van der Waals surface area contributed by atoms with E-state index < -0.39 is 0 Å². The molecule has 1 N–H and O–H groups in total. The van der Waals surface area contributed by atoms with Crippen LogP contribution in [0.25, 0.3) is 0 Å². The molecule has 0 aromatic heterocycles. The number of aliphatic hydroxyl groups excluding tert-OH is 1. The molecule has 24 heavy (non-hydrogen) atoms. The van der Waals surface area contributed by atoms with E-state index in [4.69, 9.17) is 9.84 Å². The zero-order valence-corrected chi connectivity index (χ0v) is 15.1. The lowest BCUT2D eigenvalue weighted by Crippen LogP contribution is -2.21. The smallest absolute Gasteiger partial charge is 0.119 e. The predicted octanol–water partition coefficient (Wildman–Crippen LogP) is 4.51. The molecule has 3 nitrogen and oxygen atoms in total. The molecule has 0 aliphatic heterocycles. The number of aliphatic hydroxyl groups is 1. The first-order valence-electron chi connectivity index (χ1n) is 8.60. The highest BCUT2D eigenvalue weighted by atomic mass is 16.5. The Morgan fingerprint density at radius 1 is 1.29 bits per heavy atom. The Labute approximate surface area is 147 Å². The van der Waals surface area contributed by atoms with Crippen LogP contribution in [0.5, 0.6) is 0 Å². The van der Waals surface area contributed by atoms with Crippen LogP contribution in [-0.2, 0) is 4.74 Å². The molecule has 132 valence electrons. The summed E-state index contributed by atoms with van der Waals surface area (Å²) in [5, 5.41) is 8.95. The Bertz CT molecular complexity index is 522. The van der Waals surface area contributed by atoms with Crippen molar-refractivity contribution < 1.29 is 9.84 Å². The summed E-state index contributed by atoms with van der Waals surface area (Å²) in [5.74, 6) is 0.788. The molecule has 0 heterocycles. The third kappa shape index (κ3) is 8.02. The van der Waals surface area contributed by atoms with Gasteiger partial charge in [0.25, 0.3) is 0 Å². The summed E-state index contributed by atoms with van der Waals surface area (Å²) in [5.41, 5.74) is 2.20. The van der Waals surface area contributed by atoms with Crippen LogP contribution in [0, 0.1) is 0 Å². The summed E-state index contributed by atoms with van der Waals surface area (Å²) >= 11 is 0. The Hall–Kier alpha value is -2.00. The Balaban J connectivity index is 2.87. The molecule has 0 bridgehead atoms. The minimum Gasteiger partial charge on any atom is -0.493 e. The van der Waals surface area contributed by atoms with Crippen molar-refractivity contribution in [1.29, 1.82) is 0 Å². The maximum Gasteiger partial charge on any atom is 0.119 e. The number of hydrogen-bond donors (Lipinski definition) is 1. The zero-order chi connectivity index (χ0) is 17.8. The average Bonchev–Trinajstić information content (AvgIpc) is 3.41. The second-order valence-corrected chi connectivity index (χ2v) is 5.95. The fraction of sp³-hybridized carbons (Fsp3) is 0.429. The first-order valence-corrected chi connectivity index (χ1v) is 8.60. The van der Waals surface area contributed by atoms with E-state index in [-0.39, 0.29) is 6.61 Å². The van der Waals surface area contributed by atoms with Gasteiger partial charge in [0.1, 0.15) is 5.76 Å². The van der Waals surface area contributed by atoms with Gasteiger partial charge in [0.15, 0.2) is 0 Å². The van der Waals surface area contributed by atoms with Gasteiger partial charge in [0.05, 0.1) is 6.61 Å². The van der Waals surface area contributed by atoms with Gasteiger partial charge in [-0.25, -0.2) is 0 Å². The molecule has 1 fully saturated rings. The van der Waals surface area contributed by atoms with E-state index in [2.05, 4.69) is 31.1 Å². The van der Waals surface area contributed by atoms with E-state index in [1.807, 2.05) is 37.4 Å². The molecule has 1 aliphatic carbocycles. The average molecular weight is 329 g/mol. The van der Waals surface area contributed by atoms with Crippen LogP contribution in [0.4, 0.5) is 0 Å². The summed E-state index contributed by atoms with van der Waals surface area (Å²) in [6.45, 7) is 13.3. The van der Waals surface area contributed by atoms with E-state index in [0.717, 1.165) is 17.9 Å². The molecule has 0 amide bonds. The minimum absolute atomic E-state index is 0.130. The minimum atomic E-state index is 0.130. The lowest BCUT2D eigenvalue weighted by Gasteiger charge is -2.20. The number of nitrogens with zero attached hydrogens (tertiary/aromatic N) is 1. The fourth-order valence-corrected chi connectivity index (χ4v) is 2.25. The van der Waals surface area contributed by atoms with Gasteiger partial charge >= 0.3 is 0 Å². The normalized spacial score (nSPS) is 16.4. The van der Waals surface area contributed by atoms with Crippen molar-refractivity contribution in [2.45, 2.75) is 39.2 Å². The van der Waals surface area contributed by atoms with Crippen molar-refractivity contribution in [2.75, 3.05) is 19.8 Å². The molecule has 1 saturated carbocycles. The van der Waals surface area contributed by atoms with E-state index in [1.165, 1.54) is 18.4 Å². The summed E-state index contributed by atoms with van der Waals surface area (Å²) in [4.78, 5) is 2.28. The Morgan fingerprint density at radius 3 is 2.58 bits per heavy atom. The Morgan fingerprint density at radius 2 is 2.04 bits per heavy atom. The molecule has 0 atom stereocenters. The van der Waals surface area contributed by atoms with Crippen LogP contribution in [0.2, 0.25) is 0 Å². The predicted molar refractivity (Wildman–Crippen MR) is 103 cm³/mol. The van der Waals surface area contributed by atoms with Gasteiger partial charge in [-0.2, -0.15) is 0 Å². The number of rotatable bonds is 12. The van der Waals surface area contributed by atoms with Gasteiger partial charge < -0.3 is 14.7 Å². The van der Waals surface area contributed by atoms with E-state index in [0.29, 0.717) is 19.1 Å².